The highest BCUT2D eigenvalue weighted by Gasteiger charge is 2.33. The van der Waals surface area contributed by atoms with Gasteiger partial charge in [-0.1, -0.05) is 30.3 Å². The summed E-state index contributed by atoms with van der Waals surface area (Å²) in [6.45, 7) is 8.53. The number of hydrogen-bond acceptors (Lipinski definition) is 8. The molecule has 5 heterocycles. The Morgan fingerprint density at radius 1 is 1.04 bits per heavy atom. The number of hydrogen-bond donors (Lipinski definition) is 1. The molecular formula is C34H41N9O3. The molecule has 2 saturated heterocycles. The number of nitrogens with zero attached hydrogens (tertiary/aromatic N) is 8. The summed E-state index contributed by atoms with van der Waals surface area (Å²) in [6.07, 6.45) is 5.42. The predicted octanol–water partition coefficient (Wildman–Crippen LogP) is 3.19. The van der Waals surface area contributed by atoms with Crippen molar-refractivity contribution in [1.82, 2.24) is 34.8 Å². The molecule has 0 spiro atoms. The number of aromatic amines is 1. The molecule has 7 rings (SSSR count). The van der Waals surface area contributed by atoms with E-state index in [2.05, 4.69) is 54.4 Å². The van der Waals surface area contributed by atoms with Gasteiger partial charge in [0.2, 0.25) is 11.8 Å². The van der Waals surface area contributed by atoms with E-state index in [1.807, 2.05) is 48.0 Å². The molecule has 4 aromatic rings. The van der Waals surface area contributed by atoms with Crippen LogP contribution in [0.25, 0.3) is 27.9 Å². The third-order valence-electron chi connectivity index (χ3n) is 9.39. The van der Waals surface area contributed by atoms with Gasteiger partial charge < -0.3 is 19.4 Å². The average Bonchev–Trinajstić information content (AvgIpc) is 3.86. The maximum absolute atomic E-state index is 13.8. The molecule has 2 aromatic heterocycles. The van der Waals surface area contributed by atoms with Crippen molar-refractivity contribution in [3.8, 4) is 11.4 Å². The minimum Gasteiger partial charge on any atom is -0.378 e. The predicted molar refractivity (Wildman–Crippen MR) is 177 cm³/mol. The molecule has 0 radical (unpaired) electrons. The fraction of sp³-hybridized carbons (Fsp3) is 0.441. The first kappa shape index (κ1) is 30.1. The van der Waals surface area contributed by atoms with Crippen LogP contribution in [-0.4, -0.2) is 112 Å². The van der Waals surface area contributed by atoms with E-state index in [1.54, 1.807) is 11.0 Å². The second-order valence-electron chi connectivity index (χ2n) is 12.3. The van der Waals surface area contributed by atoms with Crippen molar-refractivity contribution in [3.05, 3.63) is 60.4 Å². The van der Waals surface area contributed by atoms with Crippen LogP contribution in [0.4, 0.5) is 11.5 Å². The topological polar surface area (TPSA) is 116 Å². The van der Waals surface area contributed by atoms with E-state index in [0.29, 0.717) is 51.8 Å². The lowest BCUT2D eigenvalue weighted by Gasteiger charge is -2.29. The molecule has 2 aromatic carbocycles. The highest BCUT2D eigenvalue weighted by atomic mass is 16.5. The number of morpholine rings is 1. The zero-order chi connectivity index (χ0) is 31.6. The van der Waals surface area contributed by atoms with E-state index in [9.17, 15) is 9.59 Å². The van der Waals surface area contributed by atoms with Crippen LogP contribution in [-0.2, 0) is 21.4 Å². The summed E-state index contributed by atoms with van der Waals surface area (Å²) in [5.41, 5.74) is 5.23. The van der Waals surface area contributed by atoms with E-state index in [-0.39, 0.29) is 17.7 Å². The quantitative estimate of drug-likeness (QED) is 0.318. The molecule has 0 unspecified atom stereocenters. The number of nitrogens with one attached hydrogen (secondary N) is 1. The molecular weight excluding hydrogens is 582 g/mol. The molecule has 3 aliphatic heterocycles. The molecule has 0 bridgehead atoms. The molecule has 2 amide bonds. The van der Waals surface area contributed by atoms with Gasteiger partial charge in [0.05, 0.1) is 31.2 Å². The van der Waals surface area contributed by atoms with Crippen LogP contribution in [0.5, 0.6) is 0 Å². The average molecular weight is 624 g/mol. The third kappa shape index (κ3) is 6.14. The lowest BCUT2D eigenvalue weighted by molar-refractivity contribution is -0.132. The van der Waals surface area contributed by atoms with Crippen LogP contribution in [0.1, 0.15) is 25.3 Å². The van der Waals surface area contributed by atoms with Gasteiger partial charge in [0, 0.05) is 63.0 Å². The van der Waals surface area contributed by atoms with Crippen LogP contribution in [0.3, 0.4) is 0 Å². The number of fused-ring (bicyclic) bond motifs is 1. The number of carbonyl (C=O) groups excluding carboxylic acids is 2. The number of rotatable bonds is 8. The summed E-state index contributed by atoms with van der Waals surface area (Å²) in [7, 11) is 1.86. The van der Waals surface area contributed by atoms with Gasteiger partial charge in [-0.05, 0) is 55.6 Å². The number of aryl methyl sites for hydroxylation is 1. The molecule has 3 aliphatic rings. The number of likely N-dealkylation sites (tertiary alicyclic amines) is 1. The van der Waals surface area contributed by atoms with Crippen molar-refractivity contribution in [3.63, 3.8) is 0 Å². The van der Waals surface area contributed by atoms with E-state index >= 15 is 0 Å². The number of ether oxygens (including phenoxy) is 1. The molecule has 2 fully saturated rings. The number of carbonyl (C=O) groups is 2. The highest BCUT2D eigenvalue weighted by molar-refractivity contribution is 5.99. The van der Waals surface area contributed by atoms with Gasteiger partial charge in [0.1, 0.15) is 6.33 Å². The number of anilines is 2. The third-order valence-corrected chi connectivity index (χ3v) is 9.39. The molecule has 46 heavy (non-hydrogen) atoms. The van der Waals surface area contributed by atoms with Crippen molar-refractivity contribution in [1.29, 1.82) is 0 Å². The van der Waals surface area contributed by atoms with Crippen molar-refractivity contribution < 1.29 is 14.3 Å². The Morgan fingerprint density at radius 2 is 1.85 bits per heavy atom. The van der Waals surface area contributed by atoms with Crippen LogP contribution in [0.2, 0.25) is 0 Å². The zero-order valence-electron chi connectivity index (χ0n) is 26.6. The van der Waals surface area contributed by atoms with Gasteiger partial charge in [-0.15, -0.1) is 0 Å². The molecule has 0 aliphatic carbocycles. The Balaban J connectivity index is 0.941. The van der Waals surface area contributed by atoms with Crippen LogP contribution >= 0.6 is 0 Å². The van der Waals surface area contributed by atoms with E-state index in [1.165, 1.54) is 5.57 Å². The summed E-state index contributed by atoms with van der Waals surface area (Å²) in [4.78, 5) is 39.6. The Morgan fingerprint density at radius 3 is 2.57 bits per heavy atom. The number of aromatic nitrogens is 5. The standard InChI is InChI=1S/C34H41N9O3/c1-3-43(28-8-9-30-29(20-28)33(37-36-30)42-16-18-46-19-17-42)34(45)27-10-13-40(21-27)22-31(44)41-14-11-25(12-15-41)24-4-6-26(7-5-24)32-35-23-39(2)38-32/h4-9,11,20,23,27H,3,10,12-19,21-22H2,1-2H3,(H,36,37)/t27-/m1/s1. The smallest absolute Gasteiger partial charge is 0.237 e. The van der Waals surface area contributed by atoms with Crippen LogP contribution in [0, 0.1) is 5.92 Å². The van der Waals surface area contributed by atoms with Crippen LogP contribution in [0.15, 0.2) is 54.9 Å². The summed E-state index contributed by atoms with van der Waals surface area (Å²) < 4.78 is 7.21. The summed E-state index contributed by atoms with van der Waals surface area (Å²) >= 11 is 0. The number of benzene rings is 2. The van der Waals surface area contributed by atoms with Gasteiger partial charge >= 0.3 is 0 Å². The largest absolute Gasteiger partial charge is 0.378 e. The van der Waals surface area contributed by atoms with Gasteiger partial charge in [-0.25, -0.2) is 4.98 Å². The fourth-order valence-electron chi connectivity index (χ4n) is 6.79. The summed E-state index contributed by atoms with van der Waals surface area (Å²) in [5.74, 6) is 1.72. The zero-order valence-corrected chi connectivity index (χ0v) is 26.6. The summed E-state index contributed by atoms with van der Waals surface area (Å²) in [5, 5.41) is 13.1. The Bertz CT molecular complexity index is 1740. The van der Waals surface area contributed by atoms with Gasteiger partial charge in [-0.3, -0.25) is 24.3 Å². The Kier molecular flexibility index (Phi) is 8.55. The lowest BCUT2D eigenvalue weighted by atomic mass is 9.98. The van der Waals surface area contributed by atoms with E-state index in [0.717, 1.165) is 66.0 Å². The normalized spacial score (nSPS) is 19.1. The van der Waals surface area contributed by atoms with Crippen LogP contribution < -0.4 is 9.80 Å². The number of H-pyrrole nitrogens is 1. The maximum atomic E-state index is 13.8. The fourth-order valence-corrected chi connectivity index (χ4v) is 6.79. The molecule has 1 N–H and O–H groups in total. The van der Waals surface area contributed by atoms with Crippen molar-refractivity contribution in [2.24, 2.45) is 13.0 Å². The first-order valence-corrected chi connectivity index (χ1v) is 16.2. The Hall–Kier alpha value is -4.55. The monoisotopic (exact) mass is 623 g/mol. The lowest BCUT2D eigenvalue weighted by Crippen LogP contribution is -2.42. The van der Waals surface area contributed by atoms with Crippen molar-refractivity contribution in [2.75, 3.05) is 75.4 Å². The first-order valence-electron chi connectivity index (χ1n) is 16.2. The molecule has 12 nitrogen and oxygen atoms in total. The highest BCUT2D eigenvalue weighted by Crippen LogP contribution is 2.31. The molecule has 0 saturated carbocycles. The van der Waals surface area contributed by atoms with E-state index in [4.69, 9.17) is 4.74 Å². The van der Waals surface area contributed by atoms with E-state index < -0.39 is 0 Å². The van der Waals surface area contributed by atoms with Gasteiger partial charge in [-0.2, -0.15) is 10.2 Å². The summed E-state index contributed by atoms with van der Waals surface area (Å²) in [6, 6.07) is 14.4. The maximum Gasteiger partial charge on any atom is 0.237 e. The minimum absolute atomic E-state index is 0.114. The molecule has 1 atom stereocenters. The molecule has 12 heteroatoms. The second-order valence-corrected chi connectivity index (χ2v) is 12.3. The first-order chi connectivity index (χ1) is 22.5. The van der Waals surface area contributed by atoms with Crippen molar-refractivity contribution in [2.45, 2.75) is 19.8 Å². The SMILES string of the molecule is CCN(C(=O)[C@@H]1CCN(CC(=O)N2CC=C(c3ccc(-c4ncn(C)n4)cc3)CC2)C1)c1ccc2[nH]nc(N3CCOCC3)c2c1. The van der Waals surface area contributed by atoms with Gasteiger partial charge in [0.15, 0.2) is 11.6 Å². The van der Waals surface area contributed by atoms with Gasteiger partial charge in [0.25, 0.3) is 0 Å². The van der Waals surface area contributed by atoms with Crippen molar-refractivity contribution >= 4 is 39.8 Å². The number of amides is 2. The Labute approximate surface area is 268 Å². The molecule has 240 valence electrons. The minimum atomic E-state index is -0.136. The second kappa shape index (κ2) is 13.1.